The molecule has 0 N–H and O–H groups in total. The topological polar surface area (TPSA) is 68.5 Å². The van der Waals surface area contributed by atoms with Gasteiger partial charge in [0.25, 0.3) is 0 Å². The molecule has 26 heavy (non-hydrogen) atoms. The maximum atomic E-state index is 12.7. The molecule has 0 aliphatic rings. The zero-order valence-electron chi connectivity index (χ0n) is 14.3. The van der Waals surface area contributed by atoms with E-state index in [1.54, 1.807) is 12.1 Å². The summed E-state index contributed by atoms with van der Waals surface area (Å²) in [7, 11) is 4.43. The highest BCUT2D eigenvalue weighted by atomic mass is 35.5. The molecule has 0 unspecified atom stereocenters. The van der Waals surface area contributed by atoms with Gasteiger partial charge in [-0.25, -0.2) is 0 Å². The van der Waals surface area contributed by atoms with E-state index < -0.39 is 5.78 Å². The third-order valence-electron chi connectivity index (χ3n) is 3.52. The highest BCUT2D eigenvalue weighted by Gasteiger charge is 2.18. The number of nitriles is 1. The molecule has 0 atom stereocenters. The van der Waals surface area contributed by atoms with Gasteiger partial charge in [0.1, 0.15) is 11.6 Å². The van der Waals surface area contributed by atoms with Gasteiger partial charge >= 0.3 is 0 Å². The summed E-state index contributed by atoms with van der Waals surface area (Å²) in [5, 5.41) is 10.1. The molecule has 0 aromatic heterocycles. The predicted molar refractivity (Wildman–Crippen MR) is 100 cm³/mol. The van der Waals surface area contributed by atoms with Crippen molar-refractivity contribution in [3.8, 4) is 23.3 Å². The van der Waals surface area contributed by atoms with Crippen molar-refractivity contribution >= 4 is 35.1 Å². The number of rotatable bonds is 6. The number of hydrogen-bond donors (Lipinski definition) is 0. The van der Waals surface area contributed by atoms with Crippen molar-refractivity contribution < 1.29 is 19.0 Å². The van der Waals surface area contributed by atoms with Crippen LogP contribution in [0.3, 0.4) is 0 Å². The fraction of sp³-hybridized carbons (Fsp3) is 0.158. The number of ether oxygens (including phenoxy) is 3. The lowest BCUT2D eigenvalue weighted by molar-refractivity contribution is 0.104. The molecular weight excluding hydrogens is 377 g/mol. The highest BCUT2D eigenvalue weighted by Crippen LogP contribution is 2.40. The van der Waals surface area contributed by atoms with E-state index in [4.69, 9.17) is 37.4 Å². The third kappa shape index (κ3) is 4.10. The fourth-order valence-corrected chi connectivity index (χ4v) is 2.91. The molecule has 0 aliphatic heterocycles. The molecule has 0 spiro atoms. The summed E-state index contributed by atoms with van der Waals surface area (Å²) in [6, 6.07) is 9.63. The van der Waals surface area contributed by atoms with Crippen LogP contribution in [0.4, 0.5) is 0 Å². The number of allylic oxidation sites excluding steroid dienone is 1. The molecule has 0 bridgehead atoms. The standard InChI is InChI=1S/C19H15Cl2NO4/c1-24-16-5-4-11(18(25-2)19(16)26-3)6-13(10-22)17(23)12-7-14(20)9-15(21)8-12/h4-9H,1-3H3/b13-6+. The monoisotopic (exact) mass is 391 g/mol. The second kappa shape index (κ2) is 8.61. The quantitative estimate of drug-likeness (QED) is 0.401. The molecule has 134 valence electrons. The van der Waals surface area contributed by atoms with E-state index in [1.807, 2.05) is 6.07 Å². The number of Topliss-reactive ketones (excluding diaryl/α,β-unsaturated/α-hetero) is 1. The number of nitrogens with zero attached hydrogens (tertiary/aromatic N) is 1. The third-order valence-corrected chi connectivity index (χ3v) is 3.96. The van der Waals surface area contributed by atoms with Crippen LogP contribution >= 0.6 is 23.2 Å². The van der Waals surface area contributed by atoms with E-state index in [9.17, 15) is 10.1 Å². The Hall–Kier alpha value is -2.68. The number of methoxy groups -OCH3 is 3. The molecule has 2 rings (SSSR count). The van der Waals surface area contributed by atoms with Crippen LogP contribution in [0.25, 0.3) is 6.08 Å². The summed E-state index contributed by atoms with van der Waals surface area (Å²) in [4.78, 5) is 12.7. The van der Waals surface area contributed by atoms with Crippen molar-refractivity contribution in [1.29, 1.82) is 5.26 Å². The SMILES string of the molecule is COc1ccc(/C=C(\C#N)C(=O)c2cc(Cl)cc(Cl)c2)c(OC)c1OC. The number of halogens is 2. The maximum absolute atomic E-state index is 12.7. The van der Waals surface area contributed by atoms with Gasteiger partial charge in [-0.1, -0.05) is 23.2 Å². The van der Waals surface area contributed by atoms with E-state index in [0.29, 0.717) is 32.9 Å². The molecule has 5 nitrogen and oxygen atoms in total. The summed E-state index contributed by atoms with van der Waals surface area (Å²) < 4.78 is 15.9. The van der Waals surface area contributed by atoms with Gasteiger partial charge in [0.2, 0.25) is 11.5 Å². The van der Waals surface area contributed by atoms with Gasteiger partial charge in [-0.05, 0) is 36.4 Å². The smallest absolute Gasteiger partial charge is 0.203 e. The fourth-order valence-electron chi connectivity index (χ4n) is 2.38. The Balaban J connectivity index is 2.55. The Labute approximate surface area is 161 Å². The number of carbonyl (C=O) groups excluding carboxylic acids is 1. The van der Waals surface area contributed by atoms with Crippen LogP contribution in [0.15, 0.2) is 35.9 Å². The predicted octanol–water partition coefficient (Wildman–Crippen LogP) is 4.81. The Bertz CT molecular complexity index is 896. The highest BCUT2D eigenvalue weighted by molar-refractivity contribution is 6.35. The van der Waals surface area contributed by atoms with Gasteiger partial charge in [0.15, 0.2) is 11.5 Å². The molecular formula is C19H15Cl2NO4. The zero-order chi connectivity index (χ0) is 19.3. The number of benzene rings is 2. The summed E-state index contributed by atoms with van der Waals surface area (Å²) in [6.07, 6.45) is 1.41. The summed E-state index contributed by atoms with van der Waals surface area (Å²) in [5.74, 6) is 0.664. The first kappa shape index (κ1) is 19.6. The minimum atomic E-state index is -0.506. The van der Waals surface area contributed by atoms with E-state index in [1.165, 1.54) is 45.6 Å². The van der Waals surface area contributed by atoms with Crippen molar-refractivity contribution in [2.24, 2.45) is 0 Å². The van der Waals surface area contributed by atoms with Gasteiger partial charge in [-0.2, -0.15) is 5.26 Å². The number of ketones is 1. The van der Waals surface area contributed by atoms with Crippen LogP contribution in [-0.2, 0) is 0 Å². The van der Waals surface area contributed by atoms with Gasteiger partial charge in [-0.3, -0.25) is 4.79 Å². The average Bonchev–Trinajstić information content (AvgIpc) is 2.63. The maximum Gasteiger partial charge on any atom is 0.203 e. The van der Waals surface area contributed by atoms with Crippen molar-refractivity contribution in [3.05, 3.63) is 57.1 Å². The van der Waals surface area contributed by atoms with Gasteiger partial charge < -0.3 is 14.2 Å². The van der Waals surface area contributed by atoms with Crippen LogP contribution in [0.5, 0.6) is 17.2 Å². The van der Waals surface area contributed by atoms with Gasteiger partial charge in [0.05, 0.1) is 21.3 Å². The first-order valence-corrected chi connectivity index (χ1v) is 8.12. The van der Waals surface area contributed by atoms with Crippen molar-refractivity contribution in [3.63, 3.8) is 0 Å². The molecule has 0 saturated carbocycles. The van der Waals surface area contributed by atoms with Crippen molar-refractivity contribution in [2.75, 3.05) is 21.3 Å². The van der Waals surface area contributed by atoms with E-state index in [2.05, 4.69) is 0 Å². The van der Waals surface area contributed by atoms with Crippen LogP contribution < -0.4 is 14.2 Å². The minimum Gasteiger partial charge on any atom is -0.493 e. The van der Waals surface area contributed by atoms with Gasteiger partial charge in [0, 0.05) is 21.2 Å². The van der Waals surface area contributed by atoms with Crippen LogP contribution in [-0.4, -0.2) is 27.1 Å². The lowest BCUT2D eigenvalue weighted by Gasteiger charge is -2.14. The normalized spacial score (nSPS) is 10.8. The summed E-state index contributed by atoms with van der Waals surface area (Å²) in [5.41, 5.74) is 0.603. The number of hydrogen-bond acceptors (Lipinski definition) is 5. The van der Waals surface area contributed by atoms with Crippen LogP contribution in [0.2, 0.25) is 10.0 Å². The molecule has 7 heteroatoms. The molecule has 0 amide bonds. The largest absolute Gasteiger partial charge is 0.493 e. The molecule has 0 heterocycles. The van der Waals surface area contributed by atoms with Crippen molar-refractivity contribution in [1.82, 2.24) is 0 Å². The Morgan fingerprint density at radius 1 is 1.00 bits per heavy atom. The Kier molecular flexibility index (Phi) is 6.51. The second-order valence-corrected chi connectivity index (χ2v) is 5.95. The van der Waals surface area contributed by atoms with E-state index in [-0.39, 0.29) is 11.1 Å². The molecule has 2 aromatic rings. The second-order valence-electron chi connectivity index (χ2n) is 5.08. The Morgan fingerprint density at radius 2 is 1.62 bits per heavy atom. The first-order chi connectivity index (χ1) is 12.4. The molecule has 0 aliphatic carbocycles. The molecule has 0 radical (unpaired) electrons. The average molecular weight is 392 g/mol. The summed E-state index contributed by atoms with van der Waals surface area (Å²) in [6.45, 7) is 0. The summed E-state index contributed by atoms with van der Waals surface area (Å²) >= 11 is 11.9. The first-order valence-electron chi connectivity index (χ1n) is 7.36. The van der Waals surface area contributed by atoms with Crippen LogP contribution in [0.1, 0.15) is 15.9 Å². The zero-order valence-corrected chi connectivity index (χ0v) is 15.8. The molecule has 2 aromatic carbocycles. The lowest BCUT2D eigenvalue weighted by Crippen LogP contribution is -2.03. The lowest BCUT2D eigenvalue weighted by atomic mass is 10.0. The molecule has 0 fully saturated rings. The van der Waals surface area contributed by atoms with Gasteiger partial charge in [-0.15, -0.1) is 0 Å². The molecule has 0 saturated heterocycles. The van der Waals surface area contributed by atoms with E-state index >= 15 is 0 Å². The minimum absolute atomic E-state index is 0.103. The van der Waals surface area contributed by atoms with Crippen molar-refractivity contribution in [2.45, 2.75) is 0 Å². The van der Waals surface area contributed by atoms with Crippen LogP contribution in [0, 0.1) is 11.3 Å². The number of carbonyl (C=O) groups is 1. The Morgan fingerprint density at radius 3 is 2.12 bits per heavy atom. The van der Waals surface area contributed by atoms with E-state index in [0.717, 1.165) is 0 Å².